The summed E-state index contributed by atoms with van der Waals surface area (Å²) in [7, 11) is 0. The highest BCUT2D eigenvalue weighted by Gasteiger charge is 2.19. The summed E-state index contributed by atoms with van der Waals surface area (Å²) in [6, 6.07) is 3.27. The molecule has 1 aromatic rings. The van der Waals surface area contributed by atoms with E-state index in [1.54, 1.807) is 12.1 Å². The molecular weight excluding hydrogens is 328 g/mol. The number of carbonyl (C=O) groups is 2. The Bertz CT molecular complexity index is 627. The van der Waals surface area contributed by atoms with E-state index in [4.69, 9.17) is 16.3 Å². The first-order valence-electron chi connectivity index (χ1n) is 8.68. The van der Waals surface area contributed by atoms with E-state index in [2.05, 4.69) is 10.6 Å². The highest BCUT2D eigenvalue weighted by molar-refractivity contribution is 6.34. The van der Waals surface area contributed by atoms with E-state index in [1.807, 2.05) is 0 Å². The van der Waals surface area contributed by atoms with Gasteiger partial charge in [-0.15, -0.1) is 0 Å². The lowest BCUT2D eigenvalue weighted by molar-refractivity contribution is -0.118. The van der Waals surface area contributed by atoms with Crippen molar-refractivity contribution in [3.8, 4) is 5.75 Å². The summed E-state index contributed by atoms with van der Waals surface area (Å²) in [6.07, 6.45) is 9.17. The zero-order valence-electron chi connectivity index (χ0n) is 13.7. The molecule has 5 nitrogen and oxygen atoms in total. The minimum Gasteiger partial charge on any atom is -0.482 e. The zero-order valence-corrected chi connectivity index (χ0v) is 14.5. The van der Waals surface area contributed by atoms with E-state index in [-0.39, 0.29) is 18.4 Å². The van der Waals surface area contributed by atoms with E-state index in [0.717, 1.165) is 18.8 Å². The van der Waals surface area contributed by atoms with Crippen LogP contribution in [0.5, 0.6) is 5.75 Å². The molecule has 2 amide bonds. The second kappa shape index (κ2) is 7.88. The van der Waals surface area contributed by atoms with Crippen LogP contribution in [-0.2, 0) is 9.59 Å². The number of ether oxygens (including phenoxy) is 1. The molecular formula is C18H23ClN2O3. The molecule has 1 aromatic carbocycles. The third-order valence-corrected chi connectivity index (χ3v) is 5.03. The lowest BCUT2D eigenvalue weighted by atomic mass is 9.86. The summed E-state index contributed by atoms with van der Waals surface area (Å²) in [5.41, 5.74) is 1.06. The van der Waals surface area contributed by atoms with Gasteiger partial charge in [-0.2, -0.15) is 0 Å². The topological polar surface area (TPSA) is 67.4 Å². The number of hydrogen-bond donors (Lipinski definition) is 2. The van der Waals surface area contributed by atoms with Crippen LogP contribution in [0.2, 0.25) is 5.02 Å². The zero-order chi connectivity index (χ0) is 16.9. The highest BCUT2D eigenvalue weighted by Crippen LogP contribution is 2.36. The fourth-order valence-corrected chi connectivity index (χ4v) is 3.65. The van der Waals surface area contributed by atoms with Crippen LogP contribution in [0.25, 0.3) is 0 Å². The lowest BCUT2D eigenvalue weighted by Crippen LogP contribution is -2.25. The summed E-state index contributed by atoms with van der Waals surface area (Å²) in [6.45, 7) is -0.0244. The van der Waals surface area contributed by atoms with Crippen LogP contribution in [0.4, 0.5) is 11.4 Å². The summed E-state index contributed by atoms with van der Waals surface area (Å²) in [5, 5.41) is 5.93. The molecule has 2 aliphatic rings. The Labute approximate surface area is 147 Å². The molecule has 0 bridgehead atoms. The van der Waals surface area contributed by atoms with Crippen LogP contribution < -0.4 is 15.4 Å². The molecule has 1 fully saturated rings. The number of anilines is 2. The van der Waals surface area contributed by atoms with Gasteiger partial charge >= 0.3 is 0 Å². The third kappa shape index (κ3) is 4.41. The van der Waals surface area contributed by atoms with Crippen LogP contribution >= 0.6 is 11.6 Å². The van der Waals surface area contributed by atoms with Gasteiger partial charge in [0.15, 0.2) is 6.61 Å². The maximum atomic E-state index is 12.1. The fourth-order valence-electron chi connectivity index (χ4n) is 3.44. The largest absolute Gasteiger partial charge is 0.482 e. The second-order valence-electron chi connectivity index (χ2n) is 6.61. The molecule has 24 heavy (non-hydrogen) atoms. The quantitative estimate of drug-likeness (QED) is 0.829. The predicted molar refractivity (Wildman–Crippen MR) is 94.6 cm³/mol. The summed E-state index contributed by atoms with van der Waals surface area (Å²) < 4.78 is 5.35. The molecule has 0 aromatic heterocycles. The predicted octanol–water partition coefficient (Wildman–Crippen LogP) is 4.36. The number of nitrogens with one attached hydrogen (secondary N) is 2. The molecule has 0 unspecified atom stereocenters. The average molecular weight is 351 g/mol. The number of fused-ring (bicyclic) bond motifs is 1. The van der Waals surface area contributed by atoms with E-state index in [9.17, 15) is 9.59 Å². The molecule has 0 spiro atoms. The van der Waals surface area contributed by atoms with Gasteiger partial charge in [-0.05, 0) is 24.8 Å². The van der Waals surface area contributed by atoms with Gasteiger partial charge in [0.2, 0.25) is 5.91 Å². The van der Waals surface area contributed by atoms with Gasteiger partial charge in [0.25, 0.3) is 5.91 Å². The van der Waals surface area contributed by atoms with Crippen LogP contribution in [0.3, 0.4) is 0 Å². The van der Waals surface area contributed by atoms with E-state index >= 15 is 0 Å². The standard InChI is InChI=1S/C18H23ClN2O3/c19-13-9-15-16(24-11-18(23)21-15)10-14(13)20-17(22)8-4-7-12-5-2-1-3-6-12/h9-10,12H,1-8,11H2,(H,20,22)(H,21,23). The Balaban J connectivity index is 1.51. The van der Waals surface area contributed by atoms with Crippen molar-refractivity contribution in [3.05, 3.63) is 17.2 Å². The maximum Gasteiger partial charge on any atom is 0.262 e. The van der Waals surface area contributed by atoms with Crippen molar-refractivity contribution in [2.24, 2.45) is 5.92 Å². The van der Waals surface area contributed by atoms with Crippen molar-refractivity contribution < 1.29 is 14.3 Å². The Morgan fingerprint density at radius 2 is 2.08 bits per heavy atom. The first kappa shape index (κ1) is 17.1. The van der Waals surface area contributed by atoms with Crippen molar-refractivity contribution in [3.63, 3.8) is 0 Å². The Hall–Kier alpha value is -1.75. The third-order valence-electron chi connectivity index (χ3n) is 4.72. The van der Waals surface area contributed by atoms with Gasteiger partial charge in [-0.3, -0.25) is 9.59 Å². The number of rotatable bonds is 5. The van der Waals surface area contributed by atoms with Gasteiger partial charge in [-0.25, -0.2) is 0 Å². The van der Waals surface area contributed by atoms with Crippen molar-refractivity contribution in [1.29, 1.82) is 0 Å². The van der Waals surface area contributed by atoms with Gasteiger partial charge < -0.3 is 15.4 Å². The van der Waals surface area contributed by atoms with Crippen molar-refractivity contribution in [2.75, 3.05) is 17.2 Å². The van der Waals surface area contributed by atoms with E-state index in [1.165, 1.54) is 32.1 Å². The summed E-state index contributed by atoms with van der Waals surface area (Å²) >= 11 is 6.19. The molecule has 0 radical (unpaired) electrons. The number of benzene rings is 1. The smallest absolute Gasteiger partial charge is 0.262 e. The SMILES string of the molecule is O=C(CCCC1CCCCC1)Nc1cc2c(cc1Cl)NC(=O)CO2. The van der Waals surface area contributed by atoms with Gasteiger partial charge in [0, 0.05) is 12.5 Å². The Kier molecular flexibility index (Phi) is 5.61. The molecule has 2 N–H and O–H groups in total. The Morgan fingerprint density at radius 1 is 1.29 bits per heavy atom. The average Bonchev–Trinajstić information content (AvgIpc) is 2.57. The van der Waals surface area contributed by atoms with Gasteiger partial charge in [0.1, 0.15) is 5.75 Å². The van der Waals surface area contributed by atoms with Crippen LogP contribution in [-0.4, -0.2) is 18.4 Å². The Morgan fingerprint density at radius 3 is 2.88 bits per heavy atom. The molecule has 130 valence electrons. The molecule has 1 heterocycles. The molecule has 1 saturated carbocycles. The molecule has 0 saturated heterocycles. The second-order valence-corrected chi connectivity index (χ2v) is 7.02. The number of halogens is 1. The summed E-state index contributed by atoms with van der Waals surface area (Å²) in [4.78, 5) is 23.4. The van der Waals surface area contributed by atoms with E-state index in [0.29, 0.717) is 28.6 Å². The summed E-state index contributed by atoms with van der Waals surface area (Å²) in [5.74, 6) is 1.07. The maximum absolute atomic E-state index is 12.1. The lowest BCUT2D eigenvalue weighted by Gasteiger charge is -2.21. The highest BCUT2D eigenvalue weighted by atomic mass is 35.5. The van der Waals surface area contributed by atoms with Crippen LogP contribution in [0.1, 0.15) is 51.4 Å². The fraction of sp³-hybridized carbons (Fsp3) is 0.556. The van der Waals surface area contributed by atoms with Crippen molar-refractivity contribution in [1.82, 2.24) is 0 Å². The molecule has 1 aliphatic heterocycles. The van der Waals surface area contributed by atoms with Gasteiger partial charge in [-0.1, -0.05) is 43.7 Å². The molecule has 6 heteroatoms. The van der Waals surface area contributed by atoms with Gasteiger partial charge in [0.05, 0.1) is 16.4 Å². The monoisotopic (exact) mass is 350 g/mol. The normalized spacial score (nSPS) is 17.6. The molecule has 1 aliphatic carbocycles. The van der Waals surface area contributed by atoms with Crippen LogP contribution in [0, 0.1) is 5.92 Å². The van der Waals surface area contributed by atoms with Crippen LogP contribution in [0.15, 0.2) is 12.1 Å². The first-order valence-corrected chi connectivity index (χ1v) is 9.05. The van der Waals surface area contributed by atoms with E-state index < -0.39 is 0 Å². The number of hydrogen-bond acceptors (Lipinski definition) is 3. The molecule has 0 atom stereocenters. The number of amides is 2. The molecule has 3 rings (SSSR count). The first-order chi connectivity index (χ1) is 11.6. The number of carbonyl (C=O) groups excluding carboxylic acids is 2. The van der Waals surface area contributed by atoms with Crippen molar-refractivity contribution >= 4 is 34.8 Å². The minimum absolute atomic E-state index is 0.0244. The minimum atomic E-state index is -0.210. The van der Waals surface area contributed by atoms with Crippen molar-refractivity contribution in [2.45, 2.75) is 51.4 Å².